The lowest BCUT2D eigenvalue weighted by Gasteiger charge is -2.27. The summed E-state index contributed by atoms with van der Waals surface area (Å²) in [5, 5.41) is 11.8. The summed E-state index contributed by atoms with van der Waals surface area (Å²) < 4.78 is 0. The molecule has 1 aromatic heterocycles. The van der Waals surface area contributed by atoms with Crippen LogP contribution in [-0.4, -0.2) is 41.6 Å². The van der Waals surface area contributed by atoms with Crippen LogP contribution in [0.1, 0.15) is 25.7 Å². The maximum atomic E-state index is 12.8. The van der Waals surface area contributed by atoms with Crippen molar-refractivity contribution in [1.29, 1.82) is 0 Å². The molecule has 0 aliphatic carbocycles. The Balaban J connectivity index is 1.20. The summed E-state index contributed by atoms with van der Waals surface area (Å²) in [5.74, 6) is 0.395. The number of nitrogens with one attached hydrogen (secondary N) is 1. The monoisotopic (exact) mass is 441 g/mol. The van der Waals surface area contributed by atoms with Crippen molar-refractivity contribution < 1.29 is 9.59 Å². The van der Waals surface area contributed by atoms with Gasteiger partial charge in [-0.25, -0.2) is 0 Å². The van der Waals surface area contributed by atoms with Crippen LogP contribution in [0.2, 0.25) is 0 Å². The molecule has 0 spiro atoms. The van der Waals surface area contributed by atoms with Crippen LogP contribution in [0, 0.1) is 5.92 Å². The van der Waals surface area contributed by atoms with E-state index in [2.05, 4.69) is 20.4 Å². The van der Waals surface area contributed by atoms with E-state index in [0.29, 0.717) is 12.2 Å². The molecule has 1 N–H and O–H groups in total. The van der Waals surface area contributed by atoms with Gasteiger partial charge in [0, 0.05) is 43.0 Å². The Morgan fingerprint density at radius 2 is 1.64 bits per heavy atom. The van der Waals surface area contributed by atoms with Gasteiger partial charge in [-0.3, -0.25) is 9.59 Å². The van der Waals surface area contributed by atoms with Gasteiger partial charge in [-0.1, -0.05) is 30.3 Å². The van der Waals surface area contributed by atoms with Gasteiger partial charge in [0.25, 0.3) is 0 Å². The fourth-order valence-corrected chi connectivity index (χ4v) is 4.48. The molecule has 33 heavy (non-hydrogen) atoms. The van der Waals surface area contributed by atoms with E-state index in [9.17, 15) is 9.59 Å². The quantitative estimate of drug-likeness (QED) is 0.644. The number of carbonyl (C=O) groups is 2. The fraction of sp³-hybridized carbons (Fsp3) is 0.308. The van der Waals surface area contributed by atoms with Gasteiger partial charge in [0.2, 0.25) is 11.8 Å². The van der Waals surface area contributed by atoms with Crippen molar-refractivity contribution in [3.05, 3.63) is 66.7 Å². The van der Waals surface area contributed by atoms with Crippen LogP contribution < -0.4 is 15.1 Å². The van der Waals surface area contributed by atoms with Crippen molar-refractivity contribution in [2.24, 2.45) is 5.92 Å². The third-order valence-electron chi connectivity index (χ3n) is 6.34. The molecule has 0 saturated carbocycles. The molecule has 5 rings (SSSR count). The van der Waals surface area contributed by atoms with Gasteiger partial charge >= 0.3 is 0 Å². The van der Waals surface area contributed by atoms with E-state index < -0.39 is 0 Å². The first-order valence-corrected chi connectivity index (χ1v) is 11.5. The summed E-state index contributed by atoms with van der Waals surface area (Å²) >= 11 is 0. The first-order valence-electron chi connectivity index (χ1n) is 11.5. The molecular weight excluding hydrogens is 414 g/mol. The van der Waals surface area contributed by atoms with Gasteiger partial charge in [0.05, 0.1) is 11.6 Å². The number of piperidine rings is 1. The first-order chi connectivity index (χ1) is 16.2. The molecule has 0 radical (unpaired) electrons. The number of carbonyl (C=O) groups excluding carboxylic acids is 2. The van der Waals surface area contributed by atoms with Crippen LogP contribution in [0.25, 0.3) is 11.3 Å². The zero-order valence-corrected chi connectivity index (χ0v) is 18.5. The average molecular weight is 442 g/mol. The highest BCUT2D eigenvalue weighted by Crippen LogP contribution is 2.27. The van der Waals surface area contributed by atoms with Gasteiger partial charge in [-0.2, -0.15) is 0 Å². The van der Waals surface area contributed by atoms with Crippen LogP contribution in [-0.2, 0) is 9.59 Å². The number of hydrogen-bond acceptors (Lipinski definition) is 5. The second-order valence-corrected chi connectivity index (χ2v) is 8.63. The number of benzene rings is 2. The Morgan fingerprint density at radius 1 is 0.879 bits per heavy atom. The van der Waals surface area contributed by atoms with Gasteiger partial charge in [-0.15, -0.1) is 10.2 Å². The van der Waals surface area contributed by atoms with Gasteiger partial charge in [0.1, 0.15) is 0 Å². The largest absolute Gasteiger partial charge is 0.355 e. The molecule has 0 bridgehead atoms. The summed E-state index contributed by atoms with van der Waals surface area (Å²) in [6, 6.07) is 21.1. The van der Waals surface area contributed by atoms with E-state index in [4.69, 9.17) is 0 Å². The van der Waals surface area contributed by atoms with E-state index in [1.54, 1.807) is 4.90 Å². The molecular formula is C26H27N5O2. The molecule has 168 valence electrons. The molecule has 2 saturated heterocycles. The zero-order valence-electron chi connectivity index (χ0n) is 18.5. The van der Waals surface area contributed by atoms with Crippen LogP contribution >= 0.6 is 0 Å². The fourth-order valence-electron chi connectivity index (χ4n) is 4.48. The predicted molar refractivity (Wildman–Crippen MR) is 129 cm³/mol. The summed E-state index contributed by atoms with van der Waals surface area (Å²) in [7, 11) is 0. The number of nitrogens with zero attached hydrogens (tertiary/aromatic N) is 4. The van der Waals surface area contributed by atoms with Gasteiger partial charge < -0.3 is 15.1 Å². The third-order valence-corrected chi connectivity index (χ3v) is 6.34. The smallest absolute Gasteiger partial charge is 0.229 e. The van der Waals surface area contributed by atoms with E-state index in [1.165, 1.54) is 19.3 Å². The normalized spacial score (nSPS) is 18.4. The van der Waals surface area contributed by atoms with Gasteiger partial charge in [0.15, 0.2) is 5.82 Å². The standard InChI is InChI=1S/C26H27N5O2/c32-25-17-20(18-31(25)22-7-3-1-4-8-22)26(33)27-21-11-9-19(10-12-21)23-13-14-24(29-28-23)30-15-5-2-6-16-30/h1,3-4,7-14,20H,2,5-6,15-18H2,(H,27,33). The van der Waals surface area contributed by atoms with Crippen LogP contribution in [0.5, 0.6) is 0 Å². The van der Waals surface area contributed by atoms with Crippen LogP contribution in [0.15, 0.2) is 66.7 Å². The van der Waals surface area contributed by atoms with E-state index >= 15 is 0 Å². The molecule has 3 heterocycles. The highest BCUT2D eigenvalue weighted by Gasteiger charge is 2.35. The molecule has 1 unspecified atom stereocenters. The summed E-state index contributed by atoms with van der Waals surface area (Å²) in [4.78, 5) is 29.1. The maximum absolute atomic E-state index is 12.8. The number of para-hydroxylation sites is 1. The summed E-state index contributed by atoms with van der Waals surface area (Å²) in [6.45, 7) is 2.47. The molecule has 7 nitrogen and oxygen atoms in total. The second-order valence-electron chi connectivity index (χ2n) is 8.63. The Hall–Kier alpha value is -3.74. The summed E-state index contributed by atoms with van der Waals surface area (Å²) in [5.41, 5.74) is 3.27. The Morgan fingerprint density at radius 3 is 2.33 bits per heavy atom. The molecule has 2 aromatic carbocycles. The molecule has 2 aliphatic heterocycles. The molecule has 2 aliphatic rings. The van der Waals surface area contributed by atoms with Crippen LogP contribution in [0.3, 0.4) is 0 Å². The highest BCUT2D eigenvalue weighted by atomic mass is 16.2. The minimum atomic E-state index is -0.370. The van der Waals surface area contributed by atoms with E-state index in [1.807, 2.05) is 66.7 Å². The molecule has 2 fully saturated rings. The first kappa shape index (κ1) is 21.1. The lowest BCUT2D eigenvalue weighted by molar-refractivity contribution is -0.122. The number of hydrogen-bond donors (Lipinski definition) is 1. The van der Waals surface area contributed by atoms with E-state index in [-0.39, 0.29) is 24.2 Å². The van der Waals surface area contributed by atoms with Crippen molar-refractivity contribution in [2.75, 3.05) is 34.8 Å². The number of rotatable bonds is 5. The molecule has 3 aromatic rings. The van der Waals surface area contributed by atoms with Crippen molar-refractivity contribution >= 4 is 29.0 Å². The number of amides is 2. The predicted octanol–water partition coefficient (Wildman–Crippen LogP) is 4.13. The van der Waals surface area contributed by atoms with Crippen molar-refractivity contribution in [3.8, 4) is 11.3 Å². The second kappa shape index (κ2) is 9.40. The van der Waals surface area contributed by atoms with Crippen molar-refractivity contribution in [3.63, 3.8) is 0 Å². The average Bonchev–Trinajstić information content (AvgIpc) is 3.27. The molecule has 1 atom stereocenters. The maximum Gasteiger partial charge on any atom is 0.229 e. The topological polar surface area (TPSA) is 78.4 Å². The van der Waals surface area contributed by atoms with Crippen molar-refractivity contribution in [1.82, 2.24) is 10.2 Å². The molecule has 2 amide bonds. The van der Waals surface area contributed by atoms with Gasteiger partial charge in [-0.05, 0) is 55.7 Å². The lowest BCUT2D eigenvalue weighted by Crippen LogP contribution is -2.30. The highest BCUT2D eigenvalue weighted by molar-refractivity contribution is 6.03. The number of anilines is 3. The molecule has 7 heteroatoms. The third kappa shape index (κ3) is 4.72. The van der Waals surface area contributed by atoms with Crippen LogP contribution in [0.4, 0.5) is 17.2 Å². The zero-order chi connectivity index (χ0) is 22.6. The SMILES string of the molecule is O=C(Nc1ccc(-c2ccc(N3CCCCC3)nn2)cc1)C1CC(=O)N(c2ccccc2)C1. The van der Waals surface area contributed by atoms with Crippen molar-refractivity contribution in [2.45, 2.75) is 25.7 Å². The Bertz CT molecular complexity index is 1110. The minimum Gasteiger partial charge on any atom is -0.355 e. The minimum absolute atomic E-state index is 0.0247. The van der Waals surface area contributed by atoms with E-state index in [0.717, 1.165) is 35.9 Å². The summed E-state index contributed by atoms with van der Waals surface area (Å²) in [6.07, 6.45) is 3.91. The Kier molecular flexibility index (Phi) is 6.02. The lowest BCUT2D eigenvalue weighted by atomic mass is 10.1. The Labute approximate surface area is 193 Å². The number of aromatic nitrogens is 2.